The summed E-state index contributed by atoms with van der Waals surface area (Å²) >= 11 is 0. The Bertz CT molecular complexity index is 2400. The van der Waals surface area contributed by atoms with Gasteiger partial charge >= 0.3 is 0 Å². The van der Waals surface area contributed by atoms with Crippen molar-refractivity contribution < 1.29 is 4.74 Å². The van der Waals surface area contributed by atoms with Gasteiger partial charge in [-0.15, -0.1) is 0 Å². The molecule has 1 aromatic heterocycles. The Balaban J connectivity index is 0.796. The Morgan fingerprint density at radius 3 is 1.79 bits per heavy atom. The third-order valence-electron chi connectivity index (χ3n) is 13.8. The van der Waals surface area contributed by atoms with E-state index in [0.717, 1.165) is 12.8 Å². The molecule has 4 aliphatic rings. The highest BCUT2D eigenvalue weighted by molar-refractivity contribution is 6.10. The first kappa shape index (κ1) is 34.2. The van der Waals surface area contributed by atoms with Gasteiger partial charge in [0.05, 0.1) is 41.7 Å². The number of nitrogens with one attached hydrogen (secondary N) is 3. The highest BCUT2D eigenvalue weighted by Crippen LogP contribution is 2.52. The third-order valence-corrected chi connectivity index (χ3v) is 13.8. The van der Waals surface area contributed by atoms with Crippen LogP contribution in [0, 0.1) is 17.8 Å². The lowest BCUT2D eigenvalue weighted by Crippen LogP contribution is -2.62. The van der Waals surface area contributed by atoms with Crippen LogP contribution in [0.4, 0.5) is 0 Å². The molecule has 8 atom stereocenters. The smallest absolute Gasteiger partial charge is 0.0862 e. The molecule has 5 nitrogen and oxygen atoms in total. The van der Waals surface area contributed by atoms with Gasteiger partial charge in [0.25, 0.3) is 0 Å². The third kappa shape index (κ3) is 6.18. The van der Waals surface area contributed by atoms with E-state index >= 15 is 0 Å². The van der Waals surface area contributed by atoms with E-state index in [-0.39, 0.29) is 18.5 Å². The first-order chi connectivity index (χ1) is 27.7. The predicted molar refractivity (Wildman–Crippen MR) is 227 cm³/mol. The van der Waals surface area contributed by atoms with Gasteiger partial charge in [-0.1, -0.05) is 127 Å². The maximum Gasteiger partial charge on any atom is 0.0862 e. The number of nitrogens with zero attached hydrogens (tertiary/aromatic N) is 1. The fourth-order valence-corrected chi connectivity index (χ4v) is 11.0. The average molecular weight is 735 g/mol. The highest BCUT2D eigenvalue weighted by Gasteiger charge is 2.50. The minimum absolute atomic E-state index is 0.0899. The average Bonchev–Trinajstić information content (AvgIpc) is 3.81. The van der Waals surface area contributed by atoms with E-state index in [1.165, 1.54) is 81.0 Å². The van der Waals surface area contributed by atoms with Crippen molar-refractivity contribution in [2.45, 2.75) is 75.1 Å². The molecule has 2 saturated heterocycles. The molecule has 56 heavy (non-hydrogen) atoms. The molecule has 3 N–H and O–H groups in total. The van der Waals surface area contributed by atoms with Crippen molar-refractivity contribution in [3.63, 3.8) is 0 Å². The van der Waals surface area contributed by atoms with Crippen LogP contribution >= 0.6 is 0 Å². The second kappa shape index (κ2) is 14.5. The fourth-order valence-electron chi connectivity index (χ4n) is 11.0. The number of rotatable bonds is 6. The first-order valence-electron chi connectivity index (χ1n) is 21.0. The summed E-state index contributed by atoms with van der Waals surface area (Å²) in [6, 6.07) is 57.7. The number of aromatic nitrogens is 1. The van der Waals surface area contributed by atoms with Gasteiger partial charge in [0.1, 0.15) is 0 Å². The zero-order chi connectivity index (χ0) is 37.0. The van der Waals surface area contributed by atoms with Crippen LogP contribution in [0.2, 0.25) is 0 Å². The van der Waals surface area contributed by atoms with Crippen LogP contribution in [0.15, 0.2) is 158 Å². The minimum atomic E-state index is 0.0899. The Kier molecular flexibility index (Phi) is 8.85. The lowest BCUT2D eigenvalue weighted by Gasteiger charge is -2.45. The summed E-state index contributed by atoms with van der Waals surface area (Å²) in [6.45, 7) is 0. The molecular weight excluding hydrogens is 685 g/mol. The van der Waals surface area contributed by atoms with Crippen LogP contribution in [-0.4, -0.2) is 22.9 Å². The van der Waals surface area contributed by atoms with E-state index in [4.69, 9.17) is 4.74 Å². The number of hydrogen-bond acceptors (Lipinski definition) is 4. The molecular formula is C51H50N4O. The van der Waals surface area contributed by atoms with Crippen LogP contribution in [0.3, 0.4) is 0 Å². The SMILES string of the molecule is c1ccc(-c2ccc3c(c2)c2ccccc2n3-c2ccc(C3CCC4C(C3)OC3CC(C5NC(c6ccccc6)NC(c6ccccc6)N5)CCC34)cc2)cc1. The molecule has 5 heteroatoms. The zero-order valence-electron chi connectivity index (χ0n) is 31.8. The van der Waals surface area contributed by atoms with Gasteiger partial charge in [0.2, 0.25) is 0 Å². The summed E-state index contributed by atoms with van der Waals surface area (Å²) in [6.07, 6.45) is 8.39. The molecule has 3 heterocycles. The Hall–Kier alpha value is -5.04. The standard InChI is InChI=1S/C51H50N4O/c1-4-12-33(13-5-1)37-24-29-46-44(30-37)41-18-10-11-19-45(41)55(46)40-25-20-34(21-26-40)38-22-27-42-43-28-23-39(32-48(43)56-47(42)31-38)51-53-49(35-14-6-2-7-15-35)52-50(54-51)36-16-8-3-9-17-36/h1-21,24-26,29-30,38-39,42-43,47-54H,22-23,27-28,31-32H2. The maximum atomic E-state index is 7.11. The summed E-state index contributed by atoms with van der Waals surface area (Å²) in [5, 5.41) is 14.4. The summed E-state index contributed by atoms with van der Waals surface area (Å²) in [4.78, 5) is 0. The molecule has 2 aliphatic heterocycles. The van der Waals surface area contributed by atoms with E-state index in [1.54, 1.807) is 0 Å². The topological polar surface area (TPSA) is 50.2 Å². The van der Waals surface area contributed by atoms with E-state index in [9.17, 15) is 0 Å². The van der Waals surface area contributed by atoms with Crippen molar-refractivity contribution in [2.24, 2.45) is 17.8 Å². The molecule has 0 radical (unpaired) electrons. The molecule has 6 aromatic carbocycles. The van der Waals surface area contributed by atoms with Gasteiger partial charge in [0.15, 0.2) is 0 Å². The quantitative estimate of drug-likeness (QED) is 0.159. The Labute approximate surface area is 330 Å². The van der Waals surface area contributed by atoms with Gasteiger partial charge in [0, 0.05) is 16.5 Å². The van der Waals surface area contributed by atoms with Crippen molar-refractivity contribution in [3.8, 4) is 16.8 Å². The zero-order valence-corrected chi connectivity index (χ0v) is 31.8. The molecule has 0 bridgehead atoms. The molecule has 8 unspecified atom stereocenters. The van der Waals surface area contributed by atoms with Gasteiger partial charge in [-0.05, 0) is 120 Å². The van der Waals surface area contributed by atoms with E-state index < -0.39 is 0 Å². The molecule has 0 spiro atoms. The second-order valence-corrected chi connectivity index (χ2v) is 16.8. The van der Waals surface area contributed by atoms with Crippen molar-refractivity contribution in [3.05, 3.63) is 174 Å². The van der Waals surface area contributed by atoms with Crippen molar-refractivity contribution >= 4 is 21.8 Å². The molecule has 0 amide bonds. The van der Waals surface area contributed by atoms with Gasteiger partial charge in [-0.25, -0.2) is 0 Å². The van der Waals surface area contributed by atoms with E-state index in [0.29, 0.717) is 35.9 Å². The molecule has 280 valence electrons. The number of hydrogen-bond donors (Lipinski definition) is 3. The maximum absolute atomic E-state index is 7.11. The van der Waals surface area contributed by atoms with Gasteiger partial charge in [-0.2, -0.15) is 0 Å². The van der Waals surface area contributed by atoms with Crippen molar-refractivity contribution in [1.29, 1.82) is 0 Å². The Morgan fingerprint density at radius 1 is 0.464 bits per heavy atom. The van der Waals surface area contributed by atoms with Crippen molar-refractivity contribution in [1.82, 2.24) is 20.5 Å². The molecule has 11 rings (SSSR count). The van der Waals surface area contributed by atoms with Crippen LogP contribution in [0.1, 0.15) is 73.5 Å². The van der Waals surface area contributed by atoms with E-state index in [2.05, 4.69) is 178 Å². The summed E-state index contributed by atoms with van der Waals surface area (Å²) < 4.78 is 9.55. The molecule has 2 saturated carbocycles. The molecule has 4 fully saturated rings. The minimum Gasteiger partial charge on any atom is -0.374 e. The lowest BCUT2D eigenvalue weighted by atomic mass is 9.68. The monoisotopic (exact) mass is 734 g/mol. The fraction of sp³-hybridized carbons (Fsp3) is 0.294. The number of benzene rings is 6. The number of para-hydroxylation sites is 1. The number of ether oxygens (including phenoxy) is 1. The largest absolute Gasteiger partial charge is 0.374 e. The van der Waals surface area contributed by atoms with Crippen LogP contribution < -0.4 is 16.0 Å². The lowest BCUT2D eigenvalue weighted by molar-refractivity contribution is -0.0172. The van der Waals surface area contributed by atoms with Gasteiger partial charge < -0.3 is 9.30 Å². The second-order valence-electron chi connectivity index (χ2n) is 16.8. The van der Waals surface area contributed by atoms with Gasteiger partial charge in [-0.3, -0.25) is 16.0 Å². The molecule has 2 aliphatic carbocycles. The van der Waals surface area contributed by atoms with Crippen LogP contribution in [-0.2, 0) is 4.74 Å². The first-order valence-corrected chi connectivity index (χ1v) is 21.0. The van der Waals surface area contributed by atoms with Crippen LogP contribution in [0.5, 0.6) is 0 Å². The van der Waals surface area contributed by atoms with E-state index in [1.807, 2.05) is 0 Å². The van der Waals surface area contributed by atoms with Crippen LogP contribution in [0.25, 0.3) is 38.6 Å². The Morgan fingerprint density at radius 2 is 1.07 bits per heavy atom. The summed E-state index contributed by atoms with van der Waals surface area (Å²) in [5.74, 6) is 2.44. The van der Waals surface area contributed by atoms with Crippen molar-refractivity contribution in [2.75, 3.05) is 0 Å². The predicted octanol–water partition coefficient (Wildman–Crippen LogP) is 11.0. The number of fused-ring (bicyclic) bond motifs is 6. The summed E-state index contributed by atoms with van der Waals surface area (Å²) in [5.41, 5.74) is 10.2. The normalized spacial score (nSPS) is 28.9. The summed E-state index contributed by atoms with van der Waals surface area (Å²) in [7, 11) is 0. The highest BCUT2D eigenvalue weighted by atomic mass is 16.5. The molecule has 7 aromatic rings.